The summed E-state index contributed by atoms with van der Waals surface area (Å²) in [4.78, 5) is 15.6. The highest BCUT2D eigenvalue weighted by Gasteiger charge is 2.14. The van der Waals surface area contributed by atoms with Crippen molar-refractivity contribution in [3.05, 3.63) is 0 Å². The number of nitrogens with one attached hydrogen (secondary N) is 1. The van der Waals surface area contributed by atoms with Crippen LogP contribution in [0.1, 0.15) is 6.92 Å². The maximum Gasteiger partial charge on any atom is 0.246 e. The van der Waals surface area contributed by atoms with Crippen LogP contribution in [-0.2, 0) is 9.53 Å². The number of carbonyl (C=O) groups excluding carboxylic acids is 1. The van der Waals surface area contributed by atoms with E-state index in [-0.39, 0.29) is 12.5 Å². The molecule has 96 valence electrons. The SMILES string of the molecule is CCN(C)C[C@@H](CNC(=O)COC)N(C)C. The van der Waals surface area contributed by atoms with E-state index in [9.17, 15) is 4.79 Å². The quantitative estimate of drug-likeness (QED) is 0.619. The van der Waals surface area contributed by atoms with E-state index in [0.29, 0.717) is 12.6 Å². The van der Waals surface area contributed by atoms with Crippen molar-refractivity contribution in [2.75, 3.05) is 54.5 Å². The van der Waals surface area contributed by atoms with Crippen LogP contribution in [0, 0.1) is 0 Å². The van der Waals surface area contributed by atoms with E-state index in [1.807, 2.05) is 14.1 Å². The first-order valence-corrected chi connectivity index (χ1v) is 5.61. The fourth-order valence-electron chi connectivity index (χ4n) is 1.31. The molecule has 1 atom stereocenters. The Morgan fingerprint density at radius 3 is 2.44 bits per heavy atom. The number of methoxy groups -OCH3 is 1. The maximum absolute atomic E-state index is 11.3. The van der Waals surface area contributed by atoms with Gasteiger partial charge in [0.25, 0.3) is 0 Å². The summed E-state index contributed by atoms with van der Waals surface area (Å²) in [6, 6.07) is 0.325. The zero-order valence-electron chi connectivity index (χ0n) is 11.1. The minimum Gasteiger partial charge on any atom is -0.375 e. The second kappa shape index (κ2) is 8.50. The summed E-state index contributed by atoms with van der Waals surface area (Å²) in [5.41, 5.74) is 0. The molecule has 1 amide bonds. The second-order valence-electron chi connectivity index (χ2n) is 4.21. The lowest BCUT2D eigenvalue weighted by Gasteiger charge is -2.28. The van der Waals surface area contributed by atoms with Crippen molar-refractivity contribution in [3.63, 3.8) is 0 Å². The van der Waals surface area contributed by atoms with Crippen molar-refractivity contribution >= 4 is 5.91 Å². The Balaban J connectivity index is 3.99. The van der Waals surface area contributed by atoms with Crippen LogP contribution in [0.15, 0.2) is 0 Å². The molecule has 0 saturated carbocycles. The fraction of sp³-hybridized carbons (Fsp3) is 0.909. The number of likely N-dealkylation sites (N-methyl/N-ethyl adjacent to an activating group) is 2. The molecule has 0 aromatic rings. The summed E-state index contributed by atoms with van der Waals surface area (Å²) in [6.07, 6.45) is 0. The first-order chi connectivity index (χ1) is 7.51. The highest BCUT2D eigenvalue weighted by molar-refractivity contribution is 5.77. The van der Waals surface area contributed by atoms with Crippen LogP contribution in [0.4, 0.5) is 0 Å². The Morgan fingerprint density at radius 2 is 2.00 bits per heavy atom. The van der Waals surface area contributed by atoms with E-state index in [1.54, 1.807) is 0 Å². The van der Waals surface area contributed by atoms with Crippen LogP contribution >= 0.6 is 0 Å². The average Bonchev–Trinajstić information content (AvgIpc) is 2.23. The van der Waals surface area contributed by atoms with Gasteiger partial charge in [0.05, 0.1) is 0 Å². The molecule has 0 bridgehead atoms. The standard InChI is InChI=1S/C11H25N3O2/c1-6-14(4)8-10(13(2)3)7-12-11(15)9-16-5/h10H,6-9H2,1-5H3,(H,12,15)/t10-/m1/s1. The number of nitrogens with zero attached hydrogens (tertiary/aromatic N) is 2. The van der Waals surface area contributed by atoms with Crippen LogP contribution in [0.3, 0.4) is 0 Å². The molecule has 0 aromatic carbocycles. The van der Waals surface area contributed by atoms with Gasteiger partial charge in [0, 0.05) is 26.2 Å². The lowest BCUT2D eigenvalue weighted by molar-refractivity contribution is -0.124. The van der Waals surface area contributed by atoms with Crippen LogP contribution < -0.4 is 5.32 Å². The van der Waals surface area contributed by atoms with Gasteiger partial charge in [-0.2, -0.15) is 0 Å². The molecular formula is C11H25N3O2. The van der Waals surface area contributed by atoms with Gasteiger partial charge in [0.1, 0.15) is 6.61 Å². The first-order valence-electron chi connectivity index (χ1n) is 5.61. The summed E-state index contributed by atoms with van der Waals surface area (Å²) >= 11 is 0. The lowest BCUT2D eigenvalue weighted by atomic mass is 10.2. The van der Waals surface area contributed by atoms with Gasteiger partial charge in [-0.25, -0.2) is 0 Å². The smallest absolute Gasteiger partial charge is 0.246 e. The normalized spacial score (nSPS) is 13.2. The van der Waals surface area contributed by atoms with Crippen molar-refractivity contribution in [1.29, 1.82) is 0 Å². The van der Waals surface area contributed by atoms with Crippen molar-refractivity contribution in [1.82, 2.24) is 15.1 Å². The number of rotatable bonds is 8. The molecule has 16 heavy (non-hydrogen) atoms. The van der Waals surface area contributed by atoms with E-state index in [1.165, 1.54) is 7.11 Å². The van der Waals surface area contributed by atoms with E-state index in [4.69, 9.17) is 4.74 Å². The van der Waals surface area contributed by atoms with Crippen molar-refractivity contribution in [2.45, 2.75) is 13.0 Å². The van der Waals surface area contributed by atoms with Crippen molar-refractivity contribution < 1.29 is 9.53 Å². The zero-order valence-corrected chi connectivity index (χ0v) is 11.1. The summed E-state index contributed by atoms with van der Waals surface area (Å²) < 4.78 is 4.76. The summed E-state index contributed by atoms with van der Waals surface area (Å²) in [5.74, 6) is -0.0616. The molecule has 0 radical (unpaired) electrons. The molecule has 0 aliphatic rings. The molecular weight excluding hydrogens is 206 g/mol. The number of amides is 1. The van der Waals surface area contributed by atoms with Gasteiger partial charge in [-0.05, 0) is 27.7 Å². The lowest BCUT2D eigenvalue weighted by Crippen LogP contribution is -2.47. The molecule has 0 aliphatic carbocycles. The zero-order chi connectivity index (χ0) is 12.6. The van der Waals surface area contributed by atoms with Gasteiger partial charge < -0.3 is 19.9 Å². The third-order valence-corrected chi connectivity index (χ3v) is 2.60. The van der Waals surface area contributed by atoms with E-state index < -0.39 is 0 Å². The van der Waals surface area contributed by atoms with E-state index in [2.05, 4.69) is 29.1 Å². The largest absolute Gasteiger partial charge is 0.375 e. The molecule has 0 heterocycles. The van der Waals surface area contributed by atoms with Gasteiger partial charge in [-0.1, -0.05) is 6.92 Å². The first kappa shape index (κ1) is 15.3. The predicted molar refractivity (Wildman–Crippen MR) is 65.5 cm³/mol. The molecule has 0 unspecified atom stereocenters. The summed E-state index contributed by atoms with van der Waals surface area (Å²) in [5, 5.41) is 2.86. The number of carbonyl (C=O) groups is 1. The highest BCUT2D eigenvalue weighted by atomic mass is 16.5. The number of hydrogen-bond acceptors (Lipinski definition) is 4. The molecule has 0 saturated heterocycles. The molecule has 0 spiro atoms. The van der Waals surface area contributed by atoms with Crippen LogP contribution in [0.2, 0.25) is 0 Å². The van der Waals surface area contributed by atoms with Gasteiger partial charge in [-0.15, -0.1) is 0 Å². The Hall–Kier alpha value is -0.650. The minimum absolute atomic E-state index is 0.0616. The number of hydrogen-bond donors (Lipinski definition) is 1. The highest BCUT2D eigenvalue weighted by Crippen LogP contribution is 1.95. The molecule has 5 heteroatoms. The van der Waals surface area contributed by atoms with Gasteiger partial charge >= 0.3 is 0 Å². The van der Waals surface area contributed by atoms with E-state index >= 15 is 0 Å². The van der Waals surface area contributed by atoms with Crippen molar-refractivity contribution in [3.8, 4) is 0 Å². The summed E-state index contributed by atoms with van der Waals surface area (Å²) in [7, 11) is 7.65. The number of ether oxygens (including phenoxy) is 1. The Morgan fingerprint density at radius 1 is 1.38 bits per heavy atom. The second-order valence-corrected chi connectivity index (χ2v) is 4.21. The van der Waals surface area contributed by atoms with Crippen LogP contribution in [0.25, 0.3) is 0 Å². The summed E-state index contributed by atoms with van der Waals surface area (Å²) in [6.45, 7) is 4.85. The molecule has 0 aromatic heterocycles. The van der Waals surface area contributed by atoms with Gasteiger partial charge in [0.2, 0.25) is 5.91 Å². The molecule has 0 fully saturated rings. The maximum atomic E-state index is 11.3. The Kier molecular flexibility index (Phi) is 8.15. The average molecular weight is 231 g/mol. The monoisotopic (exact) mass is 231 g/mol. The third-order valence-electron chi connectivity index (χ3n) is 2.60. The van der Waals surface area contributed by atoms with Crippen LogP contribution in [-0.4, -0.2) is 76.2 Å². The van der Waals surface area contributed by atoms with Crippen LogP contribution in [0.5, 0.6) is 0 Å². The third kappa shape index (κ3) is 6.76. The molecule has 0 rings (SSSR count). The topological polar surface area (TPSA) is 44.8 Å². The minimum atomic E-state index is -0.0616. The Labute approximate surface area is 98.7 Å². The van der Waals surface area contributed by atoms with E-state index in [0.717, 1.165) is 13.1 Å². The Bertz CT molecular complexity index is 198. The predicted octanol–water partition coefficient (Wildman–Crippen LogP) is -0.369. The fourth-order valence-corrected chi connectivity index (χ4v) is 1.31. The van der Waals surface area contributed by atoms with Gasteiger partial charge in [0.15, 0.2) is 0 Å². The molecule has 5 nitrogen and oxygen atoms in total. The van der Waals surface area contributed by atoms with Gasteiger partial charge in [-0.3, -0.25) is 4.79 Å². The molecule has 0 aliphatic heterocycles. The molecule has 1 N–H and O–H groups in total. The van der Waals surface area contributed by atoms with Crippen molar-refractivity contribution in [2.24, 2.45) is 0 Å².